The Hall–Kier alpha value is -4.13. The third kappa shape index (κ3) is 4.40. The summed E-state index contributed by atoms with van der Waals surface area (Å²) >= 11 is 0. The molecule has 31 heavy (non-hydrogen) atoms. The molecule has 0 atom stereocenters. The number of fused-ring (bicyclic) bond motifs is 1. The molecule has 0 aliphatic rings. The number of benzene rings is 2. The molecule has 4 aromatic rings. The number of pyridine rings is 1. The fraction of sp³-hybridized carbons (Fsp3) is 0.125. The van der Waals surface area contributed by atoms with Crippen molar-refractivity contribution in [3.63, 3.8) is 0 Å². The number of ether oxygens (including phenoxy) is 2. The van der Waals surface area contributed by atoms with Crippen LogP contribution in [0.25, 0.3) is 11.0 Å². The zero-order valence-corrected chi connectivity index (χ0v) is 17.4. The van der Waals surface area contributed by atoms with Gasteiger partial charge in [-0.15, -0.1) is 0 Å². The molecule has 4 rings (SSSR count). The molecule has 2 heterocycles. The number of carbonyl (C=O) groups is 1. The Morgan fingerprint density at radius 3 is 2.61 bits per heavy atom. The summed E-state index contributed by atoms with van der Waals surface area (Å²) in [5, 5.41) is 3.58. The SMILES string of the molecule is COc1ccc(N=c2oc3ccccc3cc2C(=O)Nc2ccc(C)cn2)c(OC)c1. The summed E-state index contributed by atoms with van der Waals surface area (Å²) in [5.41, 5.74) is 2.55. The van der Waals surface area contributed by atoms with E-state index < -0.39 is 0 Å². The lowest BCUT2D eigenvalue weighted by atomic mass is 10.1. The maximum absolute atomic E-state index is 13.1. The van der Waals surface area contributed by atoms with Crippen molar-refractivity contribution < 1.29 is 18.7 Å². The van der Waals surface area contributed by atoms with Gasteiger partial charge in [0.15, 0.2) is 0 Å². The molecule has 0 saturated heterocycles. The molecular weight excluding hydrogens is 394 g/mol. The standard InChI is InChI=1S/C24H21N3O4/c1-15-8-11-22(25-14-15)27-23(28)18-12-16-6-4-5-7-20(16)31-24(18)26-19-10-9-17(29-2)13-21(19)30-3/h4-14H,1-3H3,(H,25,27,28). The number of carbonyl (C=O) groups excluding carboxylic acids is 1. The van der Waals surface area contributed by atoms with Crippen molar-refractivity contribution in [2.24, 2.45) is 4.99 Å². The van der Waals surface area contributed by atoms with Gasteiger partial charge in [-0.05, 0) is 42.8 Å². The van der Waals surface area contributed by atoms with Gasteiger partial charge in [0.1, 0.15) is 34.2 Å². The second kappa shape index (κ2) is 8.71. The molecule has 0 bridgehead atoms. The smallest absolute Gasteiger partial charge is 0.262 e. The van der Waals surface area contributed by atoms with Crippen molar-refractivity contribution in [2.45, 2.75) is 6.92 Å². The highest BCUT2D eigenvalue weighted by molar-refractivity contribution is 6.04. The van der Waals surface area contributed by atoms with Gasteiger partial charge >= 0.3 is 0 Å². The van der Waals surface area contributed by atoms with E-state index in [9.17, 15) is 4.79 Å². The minimum Gasteiger partial charge on any atom is -0.497 e. The quantitative estimate of drug-likeness (QED) is 0.513. The summed E-state index contributed by atoms with van der Waals surface area (Å²) in [4.78, 5) is 21.9. The molecule has 7 nitrogen and oxygen atoms in total. The van der Waals surface area contributed by atoms with Crippen molar-refractivity contribution in [2.75, 3.05) is 19.5 Å². The third-order valence-corrected chi connectivity index (χ3v) is 4.66. The van der Waals surface area contributed by atoms with Crippen LogP contribution in [0, 0.1) is 6.92 Å². The van der Waals surface area contributed by atoms with Gasteiger partial charge in [-0.25, -0.2) is 9.98 Å². The predicted molar refractivity (Wildman–Crippen MR) is 118 cm³/mol. The van der Waals surface area contributed by atoms with Crippen LogP contribution in [0.2, 0.25) is 0 Å². The van der Waals surface area contributed by atoms with Gasteiger partial charge < -0.3 is 19.2 Å². The number of anilines is 1. The number of hydrogen-bond acceptors (Lipinski definition) is 6. The first-order valence-electron chi connectivity index (χ1n) is 9.61. The molecule has 0 aliphatic heterocycles. The number of rotatable bonds is 5. The second-order valence-electron chi connectivity index (χ2n) is 6.83. The van der Waals surface area contributed by atoms with Crippen LogP contribution >= 0.6 is 0 Å². The molecule has 0 spiro atoms. The van der Waals surface area contributed by atoms with Crippen molar-refractivity contribution >= 4 is 28.4 Å². The van der Waals surface area contributed by atoms with Crippen molar-refractivity contribution in [3.05, 3.63) is 83.5 Å². The van der Waals surface area contributed by atoms with Gasteiger partial charge in [-0.2, -0.15) is 0 Å². The molecule has 0 fully saturated rings. The Bertz CT molecular complexity index is 1310. The number of amides is 1. The van der Waals surface area contributed by atoms with E-state index in [0.29, 0.717) is 28.6 Å². The lowest BCUT2D eigenvalue weighted by Gasteiger charge is -2.08. The number of para-hydroxylation sites is 1. The minimum atomic E-state index is -0.378. The Morgan fingerprint density at radius 1 is 1.03 bits per heavy atom. The van der Waals surface area contributed by atoms with Gasteiger partial charge in [0.05, 0.1) is 14.2 Å². The Labute approximate surface area is 179 Å². The van der Waals surface area contributed by atoms with Crippen LogP contribution in [0.1, 0.15) is 15.9 Å². The van der Waals surface area contributed by atoms with Crippen LogP contribution in [0.3, 0.4) is 0 Å². The highest BCUT2D eigenvalue weighted by Gasteiger charge is 2.14. The minimum absolute atomic E-state index is 0.159. The average Bonchev–Trinajstić information content (AvgIpc) is 2.80. The molecule has 0 unspecified atom stereocenters. The summed E-state index contributed by atoms with van der Waals surface area (Å²) in [6, 6.07) is 18.0. The molecule has 156 valence electrons. The average molecular weight is 415 g/mol. The summed E-state index contributed by atoms with van der Waals surface area (Å²) in [6.45, 7) is 1.93. The first-order valence-corrected chi connectivity index (χ1v) is 9.61. The number of aromatic nitrogens is 1. The summed E-state index contributed by atoms with van der Waals surface area (Å²) in [6.07, 6.45) is 1.69. The predicted octanol–water partition coefficient (Wildman–Crippen LogP) is 4.64. The molecule has 1 amide bonds. The number of methoxy groups -OCH3 is 2. The summed E-state index contributed by atoms with van der Waals surface area (Å²) in [7, 11) is 3.12. The third-order valence-electron chi connectivity index (χ3n) is 4.66. The Balaban J connectivity index is 1.85. The van der Waals surface area contributed by atoms with Crippen LogP contribution in [-0.2, 0) is 0 Å². The zero-order chi connectivity index (χ0) is 21.8. The lowest BCUT2D eigenvalue weighted by Crippen LogP contribution is -2.22. The Kier molecular flexibility index (Phi) is 5.66. The van der Waals surface area contributed by atoms with Crippen LogP contribution < -0.4 is 20.3 Å². The highest BCUT2D eigenvalue weighted by Crippen LogP contribution is 2.31. The summed E-state index contributed by atoms with van der Waals surface area (Å²) in [5.74, 6) is 1.19. The van der Waals surface area contributed by atoms with Crippen molar-refractivity contribution in [3.8, 4) is 11.5 Å². The number of hydrogen-bond donors (Lipinski definition) is 1. The maximum atomic E-state index is 13.1. The monoisotopic (exact) mass is 415 g/mol. The highest BCUT2D eigenvalue weighted by atomic mass is 16.5. The van der Waals surface area contributed by atoms with E-state index in [4.69, 9.17) is 13.9 Å². The van der Waals surface area contributed by atoms with E-state index in [2.05, 4.69) is 15.3 Å². The largest absolute Gasteiger partial charge is 0.497 e. The van der Waals surface area contributed by atoms with E-state index in [1.165, 1.54) is 0 Å². The Morgan fingerprint density at radius 2 is 1.87 bits per heavy atom. The molecule has 2 aromatic carbocycles. The van der Waals surface area contributed by atoms with Gasteiger partial charge in [0.25, 0.3) is 5.91 Å². The molecule has 0 radical (unpaired) electrons. The molecule has 2 aromatic heterocycles. The van der Waals surface area contributed by atoms with E-state index in [0.717, 1.165) is 10.9 Å². The number of aryl methyl sites for hydroxylation is 1. The fourth-order valence-corrected chi connectivity index (χ4v) is 3.03. The first-order chi connectivity index (χ1) is 15.1. The zero-order valence-electron chi connectivity index (χ0n) is 17.4. The van der Waals surface area contributed by atoms with Gasteiger partial charge in [-0.3, -0.25) is 4.79 Å². The van der Waals surface area contributed by atoms with E-state index >= 15 is 0 Å². The lowest BCUT2D eigenvalue weighted by molar-refractivity contribution is 0.102. The molecule has 0 aliphatic carbocycles. The molecule has 7 heteroatoms. The van der Waals surface area contributed by atoms with Crippen molar-refractivity contribution in [1.29, 1.82) is 0 Å². The molecule has 0 saturated carbocycles. The number of nitrogens with one attached hydrogen (secondary N) is 1. The normalized spacial score (nSPS) is 11.4. The van der Waals surface area contributed by atoms with Crippen LogP contribution in [0.4, 0.5) is 11.5 Å². The van der Waals surface area contributed by atoms with Crippen LogP contribution in [0.5, 0.6) is 11.5 Å². The first kappa shape index (κ1) is 20.2. The van der Waals surface area contributed by atoms with Crippen LogP contribution in [0.15, 0.2) is 76.3 Å². The molecular formula is C24H21N3O4. The van der Waals surface area contributed by atoms with Crippen LogP contribution in [-0.4, -0.2) is 25.1 Å². The fourth-order valence-electron chi connectivity index (χ4n) is 3.03. The second-order valence-corrected chi connectivity index (χ2v) is 6.83. The van der Waals surface area contributed by atoms with E-state index in [1.54, 1.807) is 50.7 Å². The maximum Gasteiger partial charge on any atom is 0.262 e. The van der Waals surface area contributed by atoms with E-state index in [-0.39, 0.29) is 17.0 Å². The topological polar surface area (TPSA) is 86.0 Å². The van der Waals surface area contributed by atoms with Crippen molar-refractivity contribution in [1.82, 2.24) is 4.98 Å². The van der Waals surface area contributed by atoms with Gasteiger partial charge in [0.2, 0.25) is 5.55 Å². The number of nitrogens with zero attached hydrogens (tertiary/aromatic N) is 2. The van der Waals surface area contributed by atoms with Gasteiger partial charge in [0, 0.05) is 17.6 Å². The van der Waals surface area contributed by atoms with E-state index in [1.807, 2.05) is 37.3 Å². The summed E-state index contributed by atoms with van der Waals surface area (Å²) < 4.78 is 16.7. The molecule has 1 N–H and O–H groups in total. The van der Waals surface area contributed by atoms with Gasteiger partial charge in [-0.1, -0.05) is 24.3 Å².